The van der Waals surface area contributed by atoms with Crippen LogP contribution in [0.15, 0.2) is 23.0 Å². The Kier molecular flexibility index (Phi) is 2.49. The molecular weight excluding hydrogens is 263 g/mol. The van der Waals surface area contributed by atoms with Crippen LogP contribution in [0.4, 0.5) is 0 Å². The molecule has 0 saturated heterocycles. The molecule has 0 fully saturated rings. The number of hydrogen-bond acceptors (Lipinski definition) is 4. The fourth-order valence-electron chi connectivity index (χ4n) is 1.55. The van der Waals surface area contributed by atoms with E-state index in [-0.39, 0.29) is 5.88 Å². The van der Waals surface area contributed by atoms with E-state index in [0.717, 1.165) is 11.0 Å². The Hall–Kier alpha value is -1.59. The lowest BCUT2D eigenvalue weighted by molar-refractivity contribution is 0.391. The molecule has 0 aliphatic rings. The van der Waals surface area contributed by atoms with Gasteiger partial charge in [-0.3, -0.25) is 0 Å². The van der Waals surface area contributed by atoms with Crippen molar-refractivity contribution >= 4 is 34.2 Å². The van der Waals surface area contributed by atoms with Gasteiger partial charge in [0.25, 0.3) is 0 Å². The van der Waals surface area contributed by atoms with Gasteiger partial charge in [-0.25, -0.2) is 4.98 Å². The maximum atomic E-state index is 6.26. The van der Waals surface area contributed by atoms with Crippen LogP contribution >= 0.6 is 23.2 Å². The fourth-order valence-corrected chi connectivity index (χ4v) is 1.94. The molecule has 0 amide bonds. The van der Waals surface area contributed by atoms with Gasteiger partial charge in [0.05, 0.1) is 10.6 Å². The molecule has 3 aromatic heterocycles. The molecule has 0 spiro atoms. The minimum absolute atomic E-state index is 0.171. The Bertz CT molecular complexity index is 676. The van der Waals surface area contributed by atoms with Gasteiger partial charge >= 0.3 is 0 Å². The molecule has 0 radical (unpaired) electrons. The second kappa shape index (κ2) is 4.01. The molecule has 0 aromatic carbocycles. The summed E-state index contributed by atoms with van der Waals surface area (Å²) in [6, 6.07) is 1.84. The number of nitrogens with one attached hydrogen (secondary N) is 1. The molecule has 17 heavy (non-hydrogen) atoms. The number of rotatable bonds is 2. The number of alkyl halides is 1. The topological polar surface area (TPSA) is 67.6 Å². The van der Waals surface area contributed by atoms with Crippen molar-refractivity contribution in [3.05, 3.63) is 29.4 Å². The summed E-state index contributed by atoms with van der Waals surface area (Å²) >= 11 is 11.9. The van der Waals surface area contributed by atoms with E-state index in [4.69, 9.17) is 27.7 Å². The number of hydrogen-bond donors (Lipinski definition) is 1. The van der Waals surface area contributed by atoms with Crippen molar-refractivity contribution in [2.45, 2.75) is 5.88 Å². The highest BCUT2D eigenvalue weighted by molar-refractivity contribution is 6.37. The van der Waals surface area contributed by atoms with Crippen molar-refractivity contribution in [2.24, 2.45) is 0 Å². The molecule has 0 aliphatic carbocycles. The number of nitrogens with zero attached hydrogens (tertiary/aromatic N) is 3. The van der Waals surface area contributed by atoms with Crippen LogP contribution in [0, 0.1) is 0 Å². The molecule has 0 atom stereocenters. The van der Waals surface area contributed by atoms with Crippen molar-refractivity contribution in [1.29, 1.82) is 0 Å². The van der Waals surface area contributed by atoms with Gasteiger partial charge in [0.2, 0.25) is 11.7 Å². The summed E-state index contributed by atoms with van der Waals surface area (Å²) in [5, 5.41) is 5.16. The standard InChI is InChI=1S/C10H6Cl2N4O/c11-3-7-15-10(16-17-7)6-4-14-9-5(8(6)12)1-2-13-9/h1-2,4H,3H2,(H,13,14). The maximum Gasteiger partial charge on any atom is 0.241 e. The molecule has 7 heteroatoms. The summed E-state index contributed by atoms with van der Waals surface area (Å²) in [5.74, 6) is 0.915. The minimum atomic E-state index is 0.171. The lowest BCUT2D eigenvalue weighted by Gasteiger charge is -1.99. The van der Waals surface area contributed by atoms with Gasteiger partial charge in [0, 0.05) is 17.8 Å². The first-order valence-electron chi connectivity index (χ1n) is 4.80. The van der Waals surface area contributed by atoms with E-state index in [2.05, 4.69) is 20.1 Å². The number of halogens is 2. The van der Waals surface area contributed by atoms with Gasteiger partial charge in [0.15, 0.2) is 0 Å². The second-order valence-electron chi connectivity index (χ2n) is 3.37. The van der Waals surface area contributed by atoms with Crippen molar-refractivity contribution in [1.82, 2.24) is 20.1 Å². The quantitative estimate of drug-likeness (QED) is 0.726. The zero-order chi connectivity index (χ0) is 11.8. The number of aromatic amines is 1. The average Bonchev–Trinajstić information content (AvgIpc) is 2.97. The molecule has 1 N–H and O–H groups in total. The van der Waals surface area contributed by atoms with Crippen molar-refractivity contribution < 1.29 is 4.52 Å². The van der Waals surface area contributed by atoms with E-state index in [9.17, 15) is 0 Å². The van der Waals surface area contributed by atoms with Crippen LogP contribution in [0.5, 0.6) is 0 Å². The maximum absolute atomic E-state index is 6.26. The van der Waals surface area contributed by atoms with Crippen molar-refractivity contribution in [2.75, 3.05) is 0 Å². The minimum Gasteiger partial charge on any atom is -0.346 e. The number of fused-ring (bicyclic) bond motifs is 1. The van der Waals surface area contributed by atoms with Gasteiger partial charge in [-0.1, -0.05) is 16.8 Å². The summed E-state index contributed by atoms with van der Waals surface area (Å²) in [4.78, 5) is 11.3. The number of H-pyrrole nitrogens is 1. The Labute approximate surface area is 106 Å². The first kappa shape index (κ1) is 10.6. The second-order valence-corrected chi connectivity index (χ2v) is 4.02. The molecule has 0 aliphatic heterocycles. The molecule has 86 valence electrons. The first-order valence-corrected chi connectivity index (χ1v) is 5.71. The van der Waals surface area contributed by atoms with E-state index in [1.807, 2.05) is 6.07 Å². The molecule has 3 rings (SSSR count). The monoisotopic (exact) mass is 268 g/mol. The summed E-state index contributed by atoms with van der Waals surface area (Å²) in [6.07, 6.45) is 3.37. The van der Waals surface area contributed by atoms with E-state index in [1.165, 1.54) is 0 Å². The van der Waals surface area contributed by atoms with Gasteiger partial charge in [-0.2, -0.15) is 4.98 Å². The zero-order valence-corrected chi connectivity index (χ0v) is 9.96. The molecule has 3 heterocycles. The SMILES string of the molecule is ClCc1nc(-c2cnc3[nH]ccc3c2Cl)no1. The highest BCUT2D eigenvalue weighted by Gasteiger charge is 2.14. The molecule has 5 nitrogen and oxygen atoms in total. The number of aromatic nitrogens is 4. The Morgan fingerprint density at radius 1 is 1.41 bits per heavy atom. The third-order valence-electron chi connectivity index (χ3n) is 2.34. The summed E-state index contributed by atoms with van der Waals surface area (Å²) in [6.45, 7) is 0. The van der Waals surface area contributed by atoms with Crippen LogP contribution in [0.3, 0.4) is 0 Å². The third kappa shape index (κ3) is 1.67. The van der Waals surface area contributed by atoms with E-state index in [1.54, 1.807) is 12.4 Å². The lowest BCUT2D eigenvalue weighted by Crippen LogP contribution is -1.86. The molecular formula is C10H6Cl2N4O. The van der Waals surface area contributed by atoms with Gasteiger partial charge in [-0.05, 0) is 6.07 Å². The highest BCUT2D eigenvalue weighted by Crippen LogP contribution is 2.31. The summed E-state index contributed by atoms with van der Waals surface area (Å²) in [7, 11) is 0. The predicted octanol–water partition coefficient (Wildman–Crippen LogP) is 3.01. The largest absolute Gasteiger partial charge is 0.346 e. The van der Waals surface area contributed by atoms with Crippen LogP contribution in [0.25, 0.3) is 22.4 Å². The van der Waals surface area contributed by atoms with E-state index >= 15 is 0 Å². The Morgan fingerprint density at radius 2 is 2.29 bits per heavy atom. The summed E-state index contributed by atoms with van der Waals surface area (Å²) in [5.41, 5.74) is 1.35. The van der Waals surface area contributed by atoms with Crippen LogP contribution in [-0.4, -0.2) is 20.1 Å². The van der Waals surface area contributed by atoms with Crippen LogP contribution < -0.4 is 0 Å². The van der Waals surface area contributed by atoms with Gasteiger partial charge in [-0.15, -0.1) is 11.6 Å². The lowest BCUT2D eigenvalue weighted by atomic mass is 10.2. The van der Waals surface area contributed by atoms with Gasteiger partial charge in [0.1, 0.15) is 11.5 Å². The fraction of sp³-hybridized carbons (Fsp3) is 0.100. The third-order valence-corrected chi connectivity index (χ3v) is 2.98. The normalized spacial score (nSPS) is 11.2. The molecule has 0 bridgehead atoms. The Morgan fingerprint density at radius 3 is 3.06 bits per heavy atom. The van der Waals surface area contributed by atoms with Crippen molar-refractivity contribution in [3.8, 4) is 11.4 Å². The zero-order valence-electron chi connectivity index (χ0n) is 8.44. The molecule has 3 aromatic rings. The predicted molar refractivity (Wildman–Crippen MR) is 64.0 cm³/mol. The number of pyridine rings is 1. The van der Waals surface area contributed by atoms with E-state index < -0.39 is 0 Å². The highest BCUT2D eigenvalue weighted by atomic mass is 35.5. The van der Waals surface area contributed by atoms with Crippen LogP contribution in [0.2, 0.25) is 5.02 Å². The summed E-state index contributed by atoms with van der Waals surface area (Å²) < 4.78 is 4.93. The average molecular weight is 269 g/mol. The Balaban J connectivity index is 2.19. The van der Waals surface area contributed by atoms with Gasteiger partial charge < -0.3 is 9.51 Å². The van der Waals surface area contributed by atoms with E-state index in [0.29, 0.717) is 22.3 Å². The smallest absolute Gasteiger partial charge is 0.241 e. The van der Waals surface area contributed by atoms with Crippen molar-refractivity contribution in [3.63, 3.8) is 0 Å². The first-order chi connectivity index (χ1) is 8.29. The van der Waals surface area contributed by atoms with Crippen LogP contribution in [0.1, 0.15) is 5.89 Å². The molecule has 0 unspecified atom stereocenters. The van der Waals surface area contributed by atoms with Crippen LogP contribution in [-0.2, 0) is 5.88 Å². The molecule has 0 saturated carbocycles.